The maximum Gasteiger partial charge on any atom is 0.230 e. The molecule has 0 saturated heterocycles. The molecule has 0 aliphatic rings. The summed E-state index contributed by atoms with van der Waals surface area (Å²) in [6, 6.07) is 7.79. The summed E-state index contributed by atoms with van der Waals surface area (Å²) in [5.41, 5.74) is 5.94. The van der Waals surface area contributed by atoms with Crippen molar-refractivity contribution in [2.75, 3.05) is 6.54 Å². The maximum absolute atomic E-state index is 12.1. The van der Waals surface area contributed by atoms with Gasteiger partial charge in [0, 0.05) is 17.1 Å². The number of benzene rings is 1. The lowest BCUT2D eigenvalue weighted by Crippen LogP contribution is -2.46. The zero-order chi connectivity index (χ0) is 13.1. The van der Waals surface area contributed by atoms with Gasteiger partial charge in [-0.3, -0.25) is 4.79 Å². The van der Waals surface area contributed by atoms with E-state index in [-0.39, 0.29) is 24.4 Å². The molecule has 0 bridgehead atoms. The minimum atomic E-state index is -0.551. The molecule has 1 rings (SSSR count). The lowest BCUT2D eigenvalue weighted by molar-refractivity contribution is -0.126. The molecule has 3 nitrogen and oxygen atoms in total. The van der Waals surface area contributed by atoms with Crippen LogP contribution in [0.3, 0.4) is 0 Å². The van der Waals surface area contributed by atoms with Gasteiger partial charge in [0.05, 0.1) is 5.41 Å². The van der Waals surface area contributed by atoms with Crippen LogP contribution >= 0.6 is 28.3 Å². The summed E-state index contributed by atoms with van der Waals surface area (Å²) >= 11 is 3.38. The first-order valence-electron chi connectivity index (χ1n) is 5.65. The lowest BCUT2D eigenvalue weighted by Gasteiger charge is -2.26. The van der Waals surface area contributed by atoms with E-state index < -0.39 is 5.41 Å². The molecule has 5 heteroatoms. The molecule has 1 aromatic rings. The van der Waals surface area contributed by atoms with Crippen LogP contribution in [0.4, 0.5) is 0 Å². The molecular weight excluding hydrogens is 316 g/mol. The third kappa shape index (κ3) is 4.26. The number of carbonyl (C=O) groups excluding carboxylic acids is 1. The third-order valence-electron chi connectivity index (χ3n) is 2.86. The summed E-state index contributed by atoms with van der Waals surface area (Å²) in [5, 5.41) is 2.91. The van der Waals surface area contributed by atoms with Gasteiger partial charge in [-0.05, 0) is 38.5 Å². The van der Waals surface area contributed by atoms with Crippen molar-refractivity contribution in [1.29, 1.82) is 0 Å². The van der Waals surface area contributed by atoms with Crippen LogP contribution in [0.15, 0.2) is 28.7 Å². The summed E-state index contributed by atoms with van der Waals surface area (Å²) in [7, 11) is 0. The van der Waals surface area contributed by atoms with Gasteiger partial charge in [0.15, 0.2) is 0 Å². The van der Waals surface area contributed by atoms with E-state index in [2.05, 4.69) is 21.2 Å². The second-order valence-corrected chi connectivity index (χ2v) is 5.66. The molecule has 102 valence electrons. The van der Waals surface area contributed by atoms with Crippen LogP contribution < -0.4 is 11.1 Å². The Balaban J connectivity index is 0.00000289. The van der Waals surface area contributed by atoms with Crippen LogP contribution in [0.1, 0.15) is 26.3 Å². The van der Waals surface area contributed by atoms with Crippen molar-refractivity contribution in [2.45, 2.75) is 32.2 Å². The summed E-state index contributed by atoms with van der Waals surface area (Å²) in [6.07, 6.45) is 0. The van der Waals surface area contributed by atoms with Crippen molar-refractivity contribution in [3.63, 3.8) is 0 Å². The van der Waals surface area contributed by atoms with Gasteiger partial charge < -0.3 is 11.1 Å². The quantitative estimate of drug-likeness (QED) is 0.888. The van der Waals surface area contributed by atoms with Crippen molar-refractivity contribution >= 4 is 34.2 Å². The van der Waals surface area contributed by atoms with Crippen molar-refractivity contribution in [3.8, 4) is 0 Å². The Bertz CT molecular complexity index is 392. The molecule has 3 N–H and O–H groups in total. The van der Waals surface area contributed by atoms with E-state index in [9.17, 15) is 4.79 Å². The summed E-state index contributed by atoms with van der Waals surface area (Å²) in [5.74, 6) is -0.00206. The van der Waals surface area contributed by atoms with Crippen LogP contribution in [0.5, 0.6) is 0 Å². The number of hydrogen-bond donors (Lipinski definition) is 2. The van der Waals surface area contributed by atoms with E-state index in [0.717, 1.165) is 10.0 Å². The summed E-state index contributed by atoms with van der Waals surface area (Å²) in [4.78, 5) is 12.1. The highest BCUT2D eigenvalue weighted by atomic mass is 79.9. The highest BCUT2D eigenvalue weighted by Gasteiger charge is 2.30. The van der Waals surface area contributed by atoms with Crippen LogP contribution in [0.25, 0.3) is 0 Å². The van der Waals surface area contributed by atoms with Gasteiger partial charge in [0.1, 0.15) is 0 Å². The molecule has 0 saturated carbocycles. The van der Waals surface area contributed by atoms with E-state index in [1.54, 1.807) is 0 Å². The van der Waals surface area contributed by atoms with Crippen LogP contribution in [0, 0.1) is 0 Å². The number of rotatable bonds is 4. The second-order valence-electron chi connectivity index (χ2n) is 4.74. The number of hydrogen-bond acceptors (Lipinski definition) is 2. The fraction of sp³-hybridized carbons (Fsp3) is 0.462. The number of nitrogens with two attached hydrogens (primary N) is 1. The predicted molar refractivity (Wildman–Crippen MR) is 81.1 cm³/mol. The van der Waals surface area contributed by atoms with Gasteiger partial charge >= 0.3 is 0 Å². The SMILES string of the molecule is C[C@@H](CN)NC(=O)C(C)(C)c1ccc(Br)cc1.Cl. The third-order valence-corrected chi connectivity index (χ3v) is 3.39. The van der Waals surface area contributed by atoms with Crippen LogP contribution in [0.2, 0.25) is 0 Å². The molecule has 0 radical (unpaired) electrons. The molecule has 0 heterocycles. The molecule has 0 aliphatic heterocycles. The summed E-state index contributed by atoms with van der Waals surface area (Å²) < 4.78 is 1.01. The van der Waals surface area contributed by atoms with Gasteiger partial charge in [-0.25, -0.2) is 0 Å². The normalized spacial score (nSPS) is 12.5. The Labute approximate surface area is 123 Å². The van der Waals surface area contributed by atoms with Crippen LogP contribution in [-0.4, -0.2) is 18.5 Å². The number of carbonyl (C=O) groups is 1. The summed E-state index contributed by atoms with van der Waals surface area (Å²) in [6.45, 7) is 6.17. The predicted octanol–water partition coefficient (Wildman–Crippen LogP) is 2.61. The average molecular weight is 336 g/mol. The van der Waals surface area contributed by atoms with Gasteiger partial charge in [-0.2, -0.15) is 0 Å². The molecule has 0 aromatic heterocycles. The Kier molecular flexibility index (Phi) is 6.89. The van der Waals surface area contributed by atoms with E-state index in [1.165, 1.54) is 0 Å². The Morgan fingerprint density at radius 2 is 1.89 bits per heavy atom. The zero-order valence-electron chi connectivity index (χ0n) is 10.9. The Morgan fingerprint density at radius 3 is 2.33 bits per heavy atom. The topological polar surface area (TPSA) is 55.1 Å². The Morgan fingerprint density at radius 1 is 1.39 bits per heavy atom. The highest BCUT2D eigenvalue weighted by Crippen LogP contribution is 2.25. The highest BCUT2D eigenvalue weighted by molar-refractivity contribution is 9.10. The minimum absolute atomic E-state index is 0. The first-order chi connectivity index (χ1) is 7.87. The molecule has 0 fully saturated rings. The minimum Gasteiger partial charge on any atom is -0.352 e. The van der Waals surface area contributed by atoms with Gasteiger partial charge in [0.25, 0.3) is 0 Å². The van der Waals surface area contributed by atoms with Gasteiger partial charge in [-0.15, -0.1) is 12.4 Å². The molecule has 1 atom stereocenters. The number of halogens is 2. The fourth-order valence-electron chi connectivity index (χ4n) is 1.46. The Hall–Kier alpha value is -0.580. The van der Waals surface area contributed by atoms with E-state index in [1.807, 2.05) is 45.0 Å². The lowest BCUT2D eigenvalue weighted by atomic mass is 9.83. The van der Waals surface area contributed by atoms with Gasteiger partial charge in [0.2, 0.25) is 5.91 Å². The number of amides is 1. The molecule has 18 heavy (non-hydrogen) atoms. The van der Waals surface area contributed by atoms with Gasteiger partial charge in [-0.1, -0.05) is 28.1 Å². The molecule has 1 aromatic carbocycles. The second kappa shape index (κ2) is 7.12. The molecule has 0 unspecified atom stereocenters. The molecular formula is C13H20BrClN2O. The van der Waals surface area contributed by atoms with E-state index in [4.69, 9.17) is 5.73 Å². The van der Waals surface area contributed by atoms with Crippen molar-refractivity contribution < 1.29 is 4.79 Å². The average Bonchev–Trinajstić information content (AvgIpc) is 2.29. The zero-order valence-corrected chi connectivity index (χ0v) is 13.3. The molecule has 0 spiro atoms. The van der Waals surface area contributed by atoms with Crippen molar-refractivity contribution in [1.82, 2.24) is 5.32 Å². The maximum atomic E-state index is 12.1. The first kappa shape index (κ1) is 17.4. The standard InChI is InChI=1S/C13H19BrN2O.ClH/c1-9(8-15)16-12(17)13(2,3)10-4-6-11(14)7-5-10;/h4-7,9H,8,15H2,1-3H3,(H,16,17);1H/t9-;/m0./s1. The smallest absolute Gasteiger partial charge is 0.230 e. The fourth-order valence-corrected chi connectivity index (χ4v) is 1.73. The van der Waals surface area contributed by atoms with E-state index in [0.29, 0.717) is 6.54 Å². The molecule has 0 aliphatic carbocycles. The van der Waals surface area contributed by atoms with Crippen molar-refractivity contribution in [3.05, 3.63) is 34.3 Å². The number of nitrogens with one attached hydrogen (secondary N) is 1. The van der Waals surface area contributed by atoms with E-state index >= 15 is 0 Å². The monoisotopic (exact) mass is 334 g/mol. The van der Waals surface area contributed by atoms with Crippen molar-refractivity contribution in [2.24, 2.45) is 5.73 Å². The largest absolute Gasteiger partial charge is 0.352 e. The molecule has 1 amide bonds. The van der Waals surface area contributed by atoms with Crippen LogP contribution in [-0.2, 0) is 10.2 Å². The first-order valence-corrected chi connectivity index (χ1v) is 6.44.